The molecule has 4 rings (SSSR count). The van der Waals surface area contributed by atoms with Crippen LogP contribution < -0.4 is 10.6 Å². The van der Waals surface area contributed by atoms with Gasteiger partial charge >= 0.3 is 0 Å². The van der Waals surface area contributed by atoms with Crippen LogP contribution in [0.3, 0.4) is 0 Å². The summed E-state index contributed by atoms with van der Waals surface area (Å²) in [6.45, 7) is 3.63. The molecule has 1 atom stereocenters. The van der Waals surface area contributed by atoms with Crippen molar-refractivity contribution in [2.24, 2.45) is 5.73 Å². The number of pyridine rings is 1. The highest BCUT2D eigenvalue weighted by Crippen LogP contribution is 2.37. The van der Waals surface area contributed by atoms with E-state index in [2.05, 4.69) is 19.9 Å². The number of halogens is 1. The van der Waals surface area contributed by atoms with Gasteiger partial charge in [-0.05, 0) is 30.7 Å². The zero-order valence-electron chi connectivity index (χ0n) is 14.2. The Hall–Kier alpha value is -2.03. The summed E-state index contributed by atoms with van der Waals surface area (Å²) in [5, 5.41) is 11.7. The molecule has 136 valence electrons. The van der Waals surface area contributed by atoms with E-state index in [9.17, 15) is 5.11 Å². The molecule has 0 aliphatic carbocycles. The number of anilines is 1. The van der Waals surface area contributed by atoms with Crippen LogP contribution in [-0.4, -0.2) is 44.2 Å². The van der Waals surface area contributed by atoms with E-state index >= 15 is 0 Å². The number of aromatic nitrogens is 4. The summed E-state index contributed by atoms with van der Waals surface area (Å²) < 4.78 is 0. The molecule has 26 heavy (non-hydrogen) atoms. The zero-order valence-corrected chi connectivity index (χ0v) is 15.8. The second-order valence-corrected chi connectivity index (χ2v) is 7.72. The molecule has 1 fully saturated rings. The summed E-state index contributed by atoms with van der Waals surface area (Å²) in [6.07, 6.45) is 4.77. The number of aromatic hydroxyl groups is 1. The Morgan fingerprint density at radius 2 is 2.27 bits per heavy atom. The normalized spacial score (nSPS) is 17.3. The first-order valence-electron chi connectivity index (χ1n) is 8.45. The number of nitrogens with zero attached hydrogens (tertiary/aromatic N) is 4. The molecule has 0 aromatic carbocycles. The van der Waals surface area contributed by atoms with E-state index in [4.69, 9.17) is 22.3 Å². The molecular formula is C17H19ClN6OS. The van der Waals surface area contributed by atoms with E-state index in [1.807, 2.05) is 6.92 Å². The molecule has 0 unspecified atom stereocenters. The average molecular weight is 391 g/mol. The molecule has 1 aliphatic rings. The molecule has 9 heteroatoms. The van der Waals surface area contributed by atoms with Crippen LogP contribution in [0.25, 0.3) is 11.0 Å². The van der Waals surface area contributed by atoms with Gasteiger partial charge in [-0.2, -0.15) is 0 Å². The largest absolute Gasteiger partial charge is 0.506 e. The predicted octanol–water partition coefficient (Wildman–Crippen LogP) is 2.96. The number of aryl methyl sites for hydroxylation is 1. The van der Waals surface area contributed by atoms with Crippen molar-refractivity contribution in [2.45, 2.75) is 35.9 Å². The van der Waals surface area contributed by atoms with Crippen molar-refractivity contribution in [1.29, 1.82) is 0 Å². The van der Waals surface area contributed by atoms with Crippen molar-refractivity contribution >= 4 is 40.2 Å². The van der Waals surface area contributed by atoms with E-state index in [0.717, 1.165) is 47.7 Å². The van der Waals surface area contributed by atoms with Crippen LogP contribution in [0.4, 0.5) is 5.82 Å². The smallest absolute Gasteiger partial charge is 0.196 e. The first-order valence-corrected chi connectivity index (χ1v) is 9.65. The standard InChI is InChI=1S/C17H19ClN6OS/c1-2-12-14(18)13-15(21-12)22-17(26-11-5-10(25)6-20-7-11)23-16(13)24-4-3-9(19)8-24/h5-7,9,25H,2-4,8,19H2,1H3,(H,21,22,23)/t9-/m1/s1. The average Bonchev–Trinajstić information content (AvgIpc) is 3.18. The van der Waals surface area contributed by atoms with Gasteiger partial charge in [-0.15, -0.1) is 0 Å². The Balaban J connectivity index is 1.81. The van der Waals surface area contributed by atoms with Crippen molar-refractivity contribution in [3.05, 3.63) is 29.2 Å². The molecule has 1 saturated heterocycles. The van der Waals surface area contributed by atoms with E-state index in [1.165, 1.54) is 18.0 Å². The van der Waals surface area contributed by atoms with Crippen LogP contribution in [0.5, 0.6) is 5.75 Å². The van der Waals surface area contributed by atoms with Crippen LogP contribution in [0.15, 0.2) is 28.5 Å². The summed E-state index contributed by atoms with van der Waals surface area (Å²) in [7, 11) is 0. The molecule has 0 spiro atoms. The molecule has 4 N–H and O–H groups in total. The maximum absolute atomic E-state index is 9.63. The highest BCUT2D eigenvalue weighted by atomic mass is 35.5. The topological polar surface area (TPSA) is 104 Å². The van der Waals surface area contributed by atoms with Gasteiger partial charge in [0, 0.05) is 35.9 Å². The lowest BCUT2D eigenvalue weighted by Crippen LogP contribution is -2.27. The van der Waals surface area contributed by atoms with Crippen LogP contribution in [0, 0.1) is 0 Å². The monoisotopic (exact) mass is 390 g/mol. The van der Waals surface area contributed by atoms with Gasteiger partial charge in [0.1, 0.15) is 17.2 Å². The Kier molecular flexibility index (Phi) is 4.64. The first kappa shape index (κ1) is 17.4. The van der Waals surface area contributed by atoms with E-state index in [0.29, 0.717) is 15.8 Å². The fourth-order valence-electron chi connectivity index (χ4n) is 3.14. The van der Waals surface area contributed by atoms with Gasteiger partial charge < -0.3 is 20.7 Å². The summed E-state index contributed by atoms with van der Waals surface area (Å²) in [5.41, 5.74) is 7.75. The number of hydrogen-bond donors (Lipinski definition) is 3. The second-order valence-electron chi connectivity index (χ2n) is 6.30. The number of H-pyrrole nitrogens is 1. The third kappa shape index (κ3) is 3.20. The Morgan fingerprint density at radius 1 is 1.42 bits per heavy atom. The lowest BCUT2D eigenvalue weighted by Gasteiger charge is -2.18. The second kappa shape index (κ2) is 6.94. The molecule has 4 heterocycles. The number of fused-ring (bicyclic) bond motifs is 1. The predicted molar refractivity (Wildman–Crippen MR) is 103 cm³/mol. The van der Waals surface area contributed by atoms with Crippen molar-refractivity contribution < 1.29 is 5.11 Å². The lowest BCUT2D eigenvalue weighted by molar-refractivity contribution is 0.471. The van der Waals surface area contributed by atoms with Crippen molar-refractivity contribution in [3.63, 3.8) is 0 Å². The number of nitrogens with two attached hydrogens (primary N) is 1. The van der Waals surface area contributed by atoms with Crippen molar-refractivity contribution in [3.8, 4) is 5.75 Å². The molecule has 3 aromatic rings. The maximum Gasteiger partial charge on any atom is 0.196 e. The van der Waals surface area contributed by atoms with Crippen molar-refractivity contribution in [1.82, 2.24) is 19.9 Å². The van der Waals surface area contributed by atoms with Gasteiger partial charge in [0.2, 0.25) is 0 Å². The van der Waals surface area contributed by atoms with Crippen LogP contribution >= 0.6 is 23.4 Å². The zero-order chi connectivity index (χ0) is 18.3. The van der Waals surface area contributed by atoms with Gasteiger partial charge in [-0.25, -0.2) is 9.97 Å². The van der Waals surface area contributed by atoms with Gasteiger partial charge in [-0.3, -0.25) is 4.98 Å². The van der Waals surface area contributed by atoms with Gasteiger partial charge in [0.15, 0.2) is 5.16 Å². The Bertz CT molecular complexity index is 962. The molecule has 1 aliphatic heterocycles. The third-order valence-corrected chi connectivity index (χ3v) is 5.65. The van der Waals surface area contributed by atoms with Gasteiger partial charge in [0.25, 0.3) is 0 Å². The fraction of sp³-hybridized carbons (Fsp3) is 0.353. The SMILES string of the molecule is CCc1[nH]c2nc(Sc3cncc(O)c3)nc(N3CC[C@@H](N)C3)c2c1Cl. The van der Waals surface area contributed by atoms with Crippen LogP contribution in [-0.2, 0) is 6.42 Å². The van der Waals surface area contributed by atoms with E-state index in [-0.39, 0.29) is 11.8 Å². The van der Waals surface area contributed by atoms with Crippen LogP contribution in [0.1, 0.15) is 19.0 Å². The minimum atomic E-state index is 0.109. The number of aromatic amines is 1. The molecule has 3 aromatic heterocycles. The number of hydrogen-bond acceptors (Lipinski definition) is 7. The highest BCUT2D eigenvalue weighted by molar-refractivity contribution is 7.99. The third-order valence-electron chi connectivity index (χ3n) is 4.41. The molecular weight excluding hydrogens is 372 g/mol. The van der Waals surface area contributed by atoms with Gasteiger partial charge in [-0.1, -0.05) is 18.5 Å². The maximum atomic E-state index is 9.63. The Morgan fingerprint density at radius 3 is 2.96 bits per heavy atom. The molecule has 0 radical (unpaired) electrons. The fourth-order valence-corrected chi connectivity index (χ4v) is 4.26. The van der Waals surface area contributed by atoms with E-state index < -0.39 is 0 Å². The summed E-state index contributed by atoms with van der Waals surface area (Å²) in [5.74, 6) is 0.914. The van der Waals surface area contributed by atoms with Crippen molar-refractivity contribution in [2.75, 3.05) is 18.0 Å². The molecule has 0 bridgehead atoms. The van der Waals surface area contributed by atoms with E-state index in [1.54, 1.807) is 12.3 Å². The number of nitrogens with one attached hydrogen (secondary N) is 1. The number of rotatable bonds is 4. The minimum absolute atomic E-state index is 0.109. The quantitative estimate of drug-likeness (QED) is 0.588. The molecule has 7 nitrogen and oxygen atoms in total. The Labute approximate surface area is 160 Å². The molecule has 0 amide bonds. The summed E-state index contributed by atoms with van der Waals surface area (Å²) >= 11 is 7.94. The first-order chi connectivity index (χ1) is 12.5. The summed E-state index contributed by atoms with van der Waals surface area (Å²) in [6, 6.07) is 1.77. The van der Waals surface area contributed by atoms with Gasteiger partial charge in [0.05, 0.1) is 16.6 Å². The van der Waals surface area contributed by atoms with Crippen LogP contribution in [0.2, 0.25) is 5.02 Å². The lowest BCUT2D eigenvalue weighted by atomic mass is 10.3. The highest BCUT2D eigenvalue weighted by Gasteiger charge is 2.26. The minimum Gasteiger partial charge on any atom is -0.506 e. The summed E-state index contributed by atoms with van der Waals surface area (Å²) in [4.78, 5) is 19.6. The molecule has 0 saturated carbocycles.